The Bertz CT molecular complexity index is 623. The van der Waals surface area contributed by atoms with E-state index in [0.29, 0.717) is 4.68 Å². The minimum atomic E-state index is -2.75. The number of rotatable bonds is 4. The standard InChI is InChI=1S/C12H14F2N4OS/c1-6(10-7(2)20-8(3)16-10)15-11(19)9-4-5-18(17-9)12(13)14/h4-6,12H,1-3H3,(H,15,19)/t6-/m1/s1. The van der Waals surface area contributed by atoms with E-state index >= 15 is 0 Å². The van der Waals surface area contributed by atoms with E-state index in [0.717, 1.165) is 21.8 Å². The number of hydrogen-bond acceptors (Lipinski definition) is 4. The first-order valence-electron chi connectivity index (χ1n) is 5.96. The Morgan fingerprint density at radius 1 is 1.45 bits per heavy atom. The molecule has 0 saturated carbocycles. The molecule has 0 spiro atoms. The number of thiazole rings is 1. The van der Waals surface area contributed by atoms with Crippen LogP contribution in [0.5, 0.6) is 0 Å². The van der Waals surface area contributed by atoms with Gasteiger partial charge in [-0.3, -0.25) is 4.79 Å². The molecule has 5 nitrogen and oxygen atoms in total. The van der Waals surface area contributed by atoms with E-state index < -0.39 is 12.5 Å². The smallest absolute Gasteiger partial charge is 0.333 e. The Labute approximate surface area is 118 Å². The van der Waals surface area contributed by atoms with Crippen LogP contribution in [0.25, 0.3) is 0 Å². The molecule has 1 amide bonds. The Hall–Kier alpha value is -1.83. The van der Waals surface area contributed by atoms with Crippen molar-refractivity contribution in [2.75, 3.05) is 0 Å². The molecule has 108 valence electrons. The van der Waals surface area contributed by atoms with Gasteiger partial charge in [0.05, 0.1) is 16.7 Å². The van der Waals surface area contributed by atoms with Gasteiger partial charge in [-0.25, -0.2) is 9.67 Å². The molecule has 0 saturated heterocycles. The fourth-order valence-corrected chi connectivity index (χ4v) is 2.77. The summed E-state index contributed by atoms with van der Waals surface area (Å²) in [6, 6.07) is 0.956. The summed E-state index contributed by atoms with van der Waals surface area (Å²) in [7, 11) is 0. The summed E-state index contributed by atoms with van der Waals surface area (Å²) < 4.78 is 25.2. The van der Waals surface area contributed by atoms with Gasteiger partial charge in [-0.15, -0.1) is 11.3 Å². The lowest BCUT2D eigenvalue weighted by atomic mass is 10.2. The largest absolute Gasteiger partial charge is 0.343 e. The highest BCUT2D eigenvalue weighted by Gasteiger charge is 2.19. The molecule has 0 aromatic carbocycles. The van der Waals surface area contributed by atoms with E-state index in [9.17, 15) is 13.6 Å². The summed E-state index contributed by atoms with van der Waals surface area (Å²) in [5, 5.41) is 7.14. The van der Waals surface area contributed by atoms with Crippen molar-refractivity contribution in [3.63, 3.8) is 0 Å². The second-order valence-electron chi connectivity index (χ2n) is 4.33. The van der Waals surface area contributed by atoms with Gasteiger partial charge in [0, 0.05) is 11.1 Å². The van der Waals surface area contributed by atoms with Crippen LogP contribution in [0, 0.1) is 13.8 Å². The average Bonchev–Trinajstić information content (AvgIpc) is 2.95. The third-order valence-corrected chi connectivity index (χ3v) is 3.64. The topological polar surface area (TPSA) is 59.8 Å². The number of alkyl halides is 2. The van der Waals surface area contributed by atoms with Crippen LogP contribution in [0.15, 0.2) is 12.3 Å². The lowest BCUT2D eigenvalue weighted by Crippen LogP contribution is -2.27. The van der Waals surface area contributed by atoms with E-state index in [1.54, 1.807) is 18.3 Å². The summed E-state index contributed by atoms with van der Waals surface area (Å²) in [4.78, 5) is 17.3. The minimum Gasteiger partial charge on any atom is -0.343 e. The SMILES string of the molecule is Cc1nc([C@@H](C)NC(=O)c2ccn(C(F)F)n2)c(C)s1. The lowest BCUT2D eigenvalue weighted by Gasteiger charge is -2.11. The zero-order valence-electron chi connectivity index (χ0n) is 11.2. The molecular formula is C12H14F2N4OS. The Morgan fingerprint density at radius 3 is 2.65 bits per heavy atom. The van der Waals surface area contributed by atoms with Crippen LogP contribution in [0.1, 0.15) is 45.6 Å². The van der Waals surface area contributed by atoms with Gasteiger partial charge in [-0.05, 0) is 26.8 Å². The molecule has 2 rings (SSSR count). The molecule has 0 bridgehead atoms. The highest BCUT2D eigenvalue weighted by atomic mass is 32.1. The summed E-state index contributed by atoms with van der Waals surface area (Å²) in [5.74, 6) is -0.498. The summed E-state index contributed by atoms with van der Waals surface area (Å²) in [6.45, 7) is 2.86. The predicted octanol–water partition coefficient (Wildman–Crippen LogP) is 2.84. The molecule has 0 radical (unpaired) electrons. The van der Waals surface area contributed by atoms with Gasteiger partial charge in [0.25, 0.3) is 5.91 Å². The molecular weight excluding hydrogens is 286 g/mol. The Kier molecular flexibility index (Phi) is 4.12. The second-order valence-corrected chi connectivity index (χ2v) is 5.74. The zero-order valence-corrected chi connectivity index (χ0v) is 12.0. The molecule has 8 heteroatoms. The third-order valence-electron chi connectivity index (χ3n) is 2.74. The van der Waals surface area contributed by atoms with Crippen molar-refractivity contribution in [2.45, 2.75) is 33.4 Å². The van der Waals surface area contributed by atoms with E-state index in [4.69, 9.17) is 0 Å². The Balaban J connectivity index is 2.08. The van der Waals surface area contributed by atoms with E-state index in [1.807, 2.05) is 13.8 Å². The van der Waals surface area contributed by atoms with E-state index in [2.05, 4.69) is 15.4 Å². The number of nitrogens with one attached hydrogen (secondary N) is 1. The van der Waals surface area contributed by atoms with Gasteiger partial charge in [0.15, 0.2) is 0 Å². The van der Waals surface area contributed by atoms with Gasteiger partial charge >= 0.3 is 6.55 Å². The predicted molar refractivity (Wildman–Crippen MR) is 70.9 cm³/mol. The summed E-state index contributed by atoms with van der Waals surface area (Å²) >= 11 is 1.55. The number of hydrogen-bond donors (Lipinski definition) is 1. The Morgan fingerprint density at radius 2 is 2.15 bits per heavy atom. The summed E-state index contributed by atoms with van der Waals surface area (Å²) in [6.07, 6.45) is 1.07. The fraction of sp³-hybridized carbons (Fsp3) is 0.417. The number of aryl methyl sites for hydroxylation is 2. The summed E-state index contributed by atoms with van der Waals surface area (Å²) in [5.41, 5.74) is 0.746. The minimum absolute atomic E-state index is 0.0400. The zero-order chi connectivity index (χ0) is 14.9. The lowest BCUT2D eigenvalue weighted by molar-refractivity contribution is 0.0559. The van der Waals surface area contributed by atoms with Gasteiger partial charge in [0.1, 0.15) is 5.69 Å². The molecule has 2 aromatic rings. The number of halogens is 2. The fourth-order valence-electron chi connectivity index (χ4n) is 1.85. The van der Waals surface area contributed by atoms with Crippen molar-refractivity contribution in [1.82, 2.24) is 20.1 Å². The van der Waals surface area contributed by atoms with Gasteiger partial charge in [-0.2, -0.15) is 13.9 Å². The second kappa shape index (κ2) is 5.66. The maximum absolute atomic E-state index is 12.4. The van der Waals surface area contributed by atoms with E-state index in [1.165, 1.54) is 6.07 Å². The molecule has 0 unspecified atom stereocenters. The molecule has 2 aromatic heterocycles. The average molecular weight is 300 g/mol. The maximum Gasteiger partial charge on any atom is 0.333 e. The van der Waals surface area contributed by atoms with Crippen LogP contribution < -0.4 is 5.32 Å². The first-order chi connectivity index (χ1) is 9.38. The first kappa shape index (κ1) is 14.6. The maximum atomic E-state index is 12.4. The van der Waals surface area contributed by atoms with Gasteiger partial charge in [-0.1, -0.05) is 0 Å². The number of aromatic nitrogens is 3. The normalized spacial score (nSPS) is 12.7. The van der Waals surface area contributed by atoms with Crippen LogP contribution >= 0.6 is 11.3 Å². The molecule has 0 aliphatic carbocycles. The van der Waals surface area contributed by atoms with Gasteiger partial charge < -0.3 is 5.32 Å². The van der Waals surface area contributed by atoms with Gasteiger partial charge in [0.2, 0.25) is 0 Å². The van der Waals surface area contributed by atoms with Crippen molar-refractivity contribution < 1.29 is 13.6 Å². The third kappa shape index (κ3) is 3.01. The van der Waals surface area contributed by atoms with Crippen LogP contribution in [-0.4, -0.2) is 20.7 Å². The van der Waals surface area contributed by atoms with Crippen LogP contribution in [-0.2, 0) is 0 Å². The highest BCUT2D eigenvalue weighted by molar-refractivity contribution is 7.11. The number of carbonyl (C=O) groups excluding carboxylic acids is 1. The van der Waals surface area contributed by atoms with Crippen molar-refractivity contribution in [3.05, 3.63) is 33.5 Å². The highest BCUT2D eigenvalue weighted by Crippen LogP contribution is 2.22. The first-order valence-corrected chi connectivity index (χ1v) is 6.78. The van der Waals surface area contributed by atoms with Crippen LogP contribution in [0.3, 0.4) is 0 Å². The molecule has 0 fully saturated rings. The monoisotopic (exact) mass is 300 g/mol. The molecule has 1 atom stereocenters. The molecule has 1 N–H and O–H groups in total. The molecule has 20 heavy (non-hydrogen) atoms. The van der Waals surface area contributed by atoms with Crippen LogP contribution in [0.4, 0.5) is 8.78 Å². The van der Waals surface area contributed by atoms with Crippen molar-refractivity contribution in [3.8, 4) is 0 Å². The number of nitrogens with zero attached hydrogens (tertiary/aromatic N) is 3. The number of amides is 1. The molecule has 0 aliphatic heterocycles. The quantitative estimate of drug-likeness (QED) is 0.944. The van der Waals surface area contributed by atoms with E-state index in [-0.39, 0.29) is 11.7 Å². The van der Waals surface area contributed by atoms with Crippen molar-refractivity contribution in [1.29, 1.82) is 0 Å². The molecule has 0 aliphatic rings. The van der Waals surface area contributed by atoms with Crippen molar-refractivity contribution in [2.24, 2.45) is 0 Å². The van der Waals surface area contributed by atoms with Crippen LogP contribution in [0.2, 0.25) is 0 Å². The molecule has 2 heterocycles. The number of carbonyl (C=O) groups is 1. The van der Waals surface area contributed by atoms with Crippen molar-refractivity contribution >= 4 is 17.2 Å².